The maximum absolute atomic E-state index is 13.4. The fourth-order valence-corrected chi connectivity index (χ4v) is 5.44. The van der Waals surface area contributed by atoms with Crippen LogP contribution in [0.1, 0.15) is 51.9 Å². The van der Waals surface area contributed by atoms with E-state index < -0.39 is 0 Å². The van der Waals surface area contributed by atoms with Crippen molar-refractivity contribution in [2.24, 2.45) is 4.99 Å². The van der Waals surface area contributed by atoms with Gasteiger partial charge < -0.3 is 25.2 Å². The van der Waals surface area contributed by atoms with Gasteiger partial charge in [0.25, 0.3) is 5.91 Å². The summed E-state index contributed by atoms with van der Waals surface area (Å²) in [6.07, 6.45) is 3.23. The van der Waals surface area contributed by atoms with Crippen molar-refractivity contribution in [1.29, 1.82) is 0 Å². The number of carbonyl (C=O) groups is 2. The highest BCUT2D eigenvalue weighted by Gasteiger charge is 2.18. The zero-order valence-corrected chi connectivity index (χ0v) is 25.0. The summed E-state index contributed by atoms with van der Waals surface area (Å²) in [5.41, 5.74) is 4.95. The molecule has 0 aliphatic carbocycles. The average Bonchev–Trinajstić information content (AvgIpc) is 3.65. The number of aliphatic imine (C=N–C) groups is 1. The number of aromatic hydroxyl groups is 1. The number of hydrogen-bond acceptors (Lipinski definition) is 7. The molecule has 1 fully saturated rings. The Balaban J connectivity index is 1.17. The van der Waals surface area contributed by atoms with Crippen molar-refractivity contribution in [2.75, 3.05) is 43.4 Å². The number of anilines is 2. The van der Waals surface area contributed by atoms with E-state index in [1.165, 1.54) is 5.69 Å². The van der Waals surface area contributed by atoms with Gasteiger partial charge in [-0.3, -0.25) is 19.3 Å². The summed E-state index contributed by atoms with van der Waals surface area (Å²) in [6, 6.07) is 21.9. The number of amides is 1. The summed E-state index contributed by atoms with van der Waals surface area (Å²) in [6.45, 7) is 8.00. The maximum atomic E-state index is 13.4. The summed E-state index contributed by atoms with van der Waals surface area (Å²) in [5, 5.41) is 18.5. The lowest BCUT2D eigenvalue weighted by Crippen LogP contribution is -2.44. The molecule has 2 aromatic heterocycles. The van der Waals surface area contributed by atoms with E-state index in [9.17, 15) is 14.7 Å². The normalized spacial score (nSPS) is 14.1. The van der Waals surface area contributed by atoms with Gasteiger partial charge in [0.1, 0.15) is 5.69 Å². The number of ketones is 1. The lowest BCUT2D eigenvalue weighted by atomic mass is 10.0. The van der Waals surface area contributed by atoms with E-state index in [1.807, 2.05) is 26.0 Å². The molecule has 3 aromatic carbocycles. The van der Waals surface area contributed by atoms with Gasteiger partial charge in [0, 0.05) is 78.0 Å². The van der Waals surface area contributed by atoms with E-state index in [2.05, 4.69) is 49.4 Å². The Morgan fingerprint density at radius 1 is 0.977 bits per heavy atom. The number of carbonyl (C=O) groups excluding carboxylic acids is 2. The highest BCUT2D eigenvalue weighted by atomic mass is 16.3. The molecule has 0 bridgehead atoms. The highest BCUT2D eigenvalue weighted by Crippen LogP contribution is 2.29. The Morgan fingerprint density at radius 2 is 1.73 bits per heavy atom. The number of aromatic nitrogens is 3. The Bertz CT molecular complexity index is 1840. The Hall–Kier alpha value is -5.22. The lowest BCUT2D eigenvalue weighted by molar-refractivity contribution is 0.101. The monoisotopic (exact) mass is 589 g/mol. The van der Waals surface area contributed by atoms with Crippen LogP contribution in [0.2, 0.25) is 0 Å². The number of aromatic amines is 1. The molecule has 0 spiro atoms. The van der Waals surface area contributed by atoms with Gasteiger partial charge in [-0.25, -0.2) is 0 Å². The zero-order chi connectivity index (χ0) is 30.8. The number of piperazine rings is 1. The number of likely N-dealkylation sites (N-methyl/N-ethyl adjacent to an activating group) is 1. The van der Waals surface area contributed by atoms with Crippen molar-refractivity contribution < 1.29 is 14.7 Å². The molecule has 6 rings (SSSR count). The molecule has 5 aromatic rings. The van der Waals surface area contributed by atoms with E-state index in [-0.39, 0.29) is 23.6 Å². The molecule has 3 heterocycles. The Morgan fingerprint density at radius 3 is 2.48 bits per heavy atom. The quantitative estimate of drug-likeness (QED) is 0.159. The second kappa shape index (κ2) is 12.2. The SMILES string of the molecule is CC(C)n1nccc1C(=O)Nc1cccc(C(=O)c2ccc3c(C=Nc4ccc(N5CCN(C)CC5)cc4)c(O)[nH]c3c2)c1. The highest BCUT2D eigenvalue weighted by molar-refractivity contribution is 6.13. The van der Waals surface area contributed by atoms with Crippen LogP contribution < -0.4 is 10.2 Å². The largest absolute Gasteiger partial charge is 0.494 e. The predicted molar refractivity (Wildman–Crippen MR) is 174 cm³/mol. The topological polar surface area (TPSA) is 119 Å². The first kappa shape index (κ1) is 28.9. The van der Waals surface area contributed by atoms with Gasteiger partial charge in [-0.1, -0.05) is 24.3 Å². The van der Waals surface area contributed by atoms with Crippen molar-refractivity contribution in [3.05, 3.63) is 101 Å². The molecule has 0 radical (unpaired) electrons. The van der Waals surface area contributed by atoms with Crippen LogP contribution in [0.4, 0.5) is 17.1 Å². The Labute approximate surface area is 255 Å². The van der Waals surface area contributed by atoms with E-state index in [1.54, 1.807) is 65.6 Å². The minimum atomic E-state index is -0.302. The van der Waals surface area contributed by atoms with Crippen LogP contribution in [0, 0.1) is 0 Å². The minimum absolute atomic E-state index is 0.0206. The first-order valence-corrected chi connectivity index (χ1v) is 14.7. The number of benzene rings is 3. The van der Waals surface area contributed by atoms with Crippen LogP contribution in [0.5, 0.6) is 5.88 Å². The summed E-state index contributed by atoms with van der Waals surface area (Å²) in [7, 11) is 2.14. The van der Waals surface area contributed by atoms with Crippen LogP contribution in [-0.4, -0.2) is 75.9 Å². The van der Waals surface area contributed by atoms with Crippen LogP contribution in [0.15, 0.2) is 84.0 Å². The third-order valence-corrected chi connectivity index (χ3v) is 7.92. The van der Waals surface area contributed by atoms with Crippen LogP contribution in [-0.2, 0) is 0 Å². The number of H-pyrrole nitrogens is 1. The molecular weight excluding hydrogens is 554 g/mol. The van der Waals surface area contributed by atoms with Gasteiger partial charge in [-0.05, 0) is 69.4 Å². The molecule has 1 aliphatic heterocycles. The average molecular weight is 590 g/mol. The van der Waals surface area contributed by atoms with Gasteiger partial charge >= 0.3 is 0 Å². The molecule has 1 aliphatic rings. The maximum Gasteiger partial charge on any atom is 0.273 e. The van der Waals surface area contributed by atoms with E-state index >= 15 is 0 Å². The predicted octanol–water partition coefficient (Wildman–Crippen LogP) is 5.64. The van der Waals surface area contributed by atoms with E-state index in [0.29, 0.717) is 33.6 Å². The fourth-order valence-electron chi connectivity index (χ4n) is 5.44. The summed E-state index contributed by atoms with van der Waals surface area (Å²) < 4.78 is 1.65. The summed E-state index contributed by atoms with van der Waals surface area (Å²) in [5.74, 6) is -0.531. The van der Waals surface area contributed by atoms with Crippen molar-refractivity contribution in [3.8, 4) is 5.88 Å². The van der Waals surface area contributed by atoms with Gasteiger partial charge in [0.05, 0.1) is 11.3 Å². The third-order valence-electron chi connectivity index (χ3n) is 7.92. The molecule has 10 nitrogen and oxygen atoms in total. The number of fused-ring (bicyclic) bond motifs is 1. The number of nitrogens with one attached hydrogen (secondary N) is 2. The summed E-state index contributed by atoms with van der Waals surface area (Å²) in [4.78, 5) is 38.5. The third kappa shape index (κ3) is 5.97. The van der Waals surface area contributed by atoms with Gasteiger partial charge in [0.15, 0.2) is 11.7 Å². The fraction of sp³-hybridized carbons (Fsp3) is 0.235. The zero-order valence-electron chi connectivity index (χ0n) is 25.0. The van der Waals surface area contributed by atoms with Crippen molar-refractivity contribution >= 4 is 45.9 Å². The molecule has 44 heavy (non-hydrogen) atoms. The molecule has 0 unspecified atom stereocenters. The van der Waals surface area contributed by atoms with E-state index in [4.69, 9.17) is 0 Å². The van der Waals surface area contributed by atoms with Crippen molar-refractivity contribution in [1.82, 2.24) is 19.7 Å². The van der Waals surface area contributed by atoms with E-state index in [0.717, 1.165) is 37.3 Å². The van der Waals surface area contributed by atoms with Gasteiger partial charge in [0.2, 0.25) is 0 Å². The standard InChI is InChI=1S/C34H35N7O3/c1-22(2)41-31(13-14-36-41)34(44)37-26-6-4-5-23(19-26)32(42)24-7-12-28-29(33(43)38-30(28)20-24)21-35-25-8-10-27(11-9-25)40-17-15-39(3)16-18-40/h4-14,19-22,38,43H,15-18H2,1-3H3,(H,37,44). The van der Waals surface area contributed by atoms with Crippen LogP contribution in [0.3, 0.4) is 0 Å². The Kier molecular flexibility index (Phi) is 7.99. The molecule has 0 atom stereocenters. The van der Waals surface area contributed by atoms with Crippen molar-refractivity contribution in [3.63, 3.8) is 0 Å². The summed E-state index contributed by atoms with van der Waals surface area (Å²) >= 11 is 0. The second-order valence-corrected chi connectivity index (χ2v) is 11.3. The van der Waals surface area contributed by atoms with Crippen LogP contribution >= 0.6 is 0 Å². The number of nitrogens with zero attached hydrogens (tertiary/aromatic N) is 5. The van der Waals surface area contributed by atoms with Crippen LogP contribution in [0.25, 0.3) is 10.9 Å². The number of rotatable bonds is 8. The molecular formula is C34H35N7O3. The molecule has 0 saturated carbocycles. The minimum Gasteiger partial charge on any atom is -0.494 e. The first-order valence-electron chi connectivity index (χ1n) is 14.7. The van der Waals surface area contributed by atoms with Gasteiger partial charge in [-0.15, -0.1) is 0 Å². The first-order chi connectivity index (χ1) is 21.3. The lowest BCUT2D eigenvalue weighted by Gasteiger charge is -2.34. The molecule has 1 amide bonds. The molecule has 10 heteroatoms. The second-order valence-electron chi connectivity index (χ2n) is 11.3. The van der Waals surface area contributed by atoms with Crippen molar-refractivity contribution in [2.45, 2.75) is 19.9 Å². The van der Waals surface area contributed by atoms with Gasteiger partial charge in [-0.2, -0.15) is 5.10 Å². The molecule has 224 valence electrons. The number of hydrogen-bond donors (Lipinski definition) is 3. The smallest absolute Gasteiger partial charge is 0.273 e. The molecule has 1 saturated heterocycles. The molecule has 3 N–H and O–H groups in total.